The van der Waals surface area contributed by atoms with Gasteiger partial charge in [-0.15, -0.1) is 11.8 Å². The third-order valence-electron chi connectivity index (χ3n) is 4.67. The van der Waals surface area contributed by atoms with E-state index in [1.165, 1.54) is 12.1 Å². The van der Waals surface area contributed by atoms with E-state index in [-0.39, 0.29) is 12.5 Å². The summed E-state index contributed by atoms with van der Waals surface area (Å²) in [7, 11) is 1.43. The van der Waals surface area contributed by atoms with Crippen LogP contribution in [-0.2, 0) is 14.3 Å². The first-order chi connectivity index (χ1) is 13.4. The van der Waals surface area contributed by atoms with Crippen LogP contribution >= 0.6 is 23.4 Å². The molecule has 0 bridgehead atoms. The molecule has 0 spiro atoms. The Balaban J connectivity index is 1.73. The Morgan fingerprint density at radius 2 is 2.04 bits per heavy atom. The average Bonchev–Trinajstić information content (AvgIpc) is 2.94. The quantitative estimate of drug-likeness (QED) is 0.560. The van der Waals surface area contributed by atoms with Gasteiger partial charge < -0.3 is 9.47 Å². The van der Waals surface area contributed by atoms with E-state index in [0.29, 0.717) is 27.9 Å². The van der Waals surface area contributed by atoms with Gasteiger partial charge in [-0.1, -0.05) is 11.6 Å². The van der Waals surface area contributed by atoms with Crippen molar-refractivity contribution in [3.63, 3.8) is 0 Å². The topological polar surface area (TPSA) is 68.2 Å². The number of hydrazone groups is 1. The molecule has 0 aromatic heterocycles. The first kappa shape index (κ1) is 19.0. The van der Waals surface area contributed by atoms with Gasteiger partial charge in [0.1, 0.15) is 17.8 Å². The fraction of sp³-hybridized carbons (Fsp3) is 0.250. The molecule has 0 fully saturated rings. The fourth-order valence-electron chi connectivity index (χ4n) is 3.21. The summed E-state index contributed by atoms with van der Waals surface area (Å²) in [5, 5.41) is 6.65. The van der Waals surface area contributed by atoms with Gasteiger partial charge >= 0.3 is 5.97 Å². The molecule has 0 saturated heterocycles. The maximum atomic E-state index is 13.2. The van der Waals surface area contributed by atoms with Gasteiger partial charge in [-0.2, -0.15) is 10.1 Å². The molecular weight excluding hydrogens is 400 g/mol. The third-order valence-corrected chi connectivity index (χ3v) is 6.32. The molecule has 1 unspecified atom stereocenters. The first-order valence-corrected chi connectivity index (χ1v) is 9.95. The van der Waals surface area contributed by atoms with Crippen molar-refractivity contribution in [3.05, 3.63) is 53.1 Å². The molecule has 4 rings (SSSR count). The molecule has 1 atom stereocenters. The number of amides is 1. The molecule has 2 heterocycles. The lowest BCUT2D eigenvalue weighted by molar-refractivity contribution is -0.138. The van der Waals surface area contributed by atoms with Crippen LogP contribution in [0.5, 0.6) is 5.75 Å². The molecule has 8 heteroatoms. The molecule has 2 aliphatic heterocycles. The highest BCUT2D eigenvalue weighted by atomic mass is 35.5. The van der Waals surface area contributed by atoms with Gasteiger partial charge in [0, 0.05) is 28.3 Å². The molecule has 28 heavy (non-hydrogen) atoms. The van der Waals surface area contributed by atoms with Crippen LogP contribution < -0.4 is 9.75 Å². The van der Waals surface area contributed by atoms with Crippen LogP contribution in [0.3, 0.4) is 0 Å². The normalized spacial score (nSPS) is 20.5. The number of hydrogen-bond acceptors (Lipinski definition) is 6. The van der Waals surface area contributed by atoms with Crippen LogP contribution in [0.25, 0.3) is 0 Å². The van der Waals surface area contributed by atoms with Crippen LogP contribution in [0.1, 0.15) is 12.5 Å². The number of carbonyl (C=O) groups is 2. The Labute approximate surface area is 171 Å². The Kier molecular flexibility index (Phi) is 4.91. The number of rotatable bonds is 4. The number of thioether (sulfide) groups is 1. The minimum absolute atomic E-state index is 0.0928. The molecule has 2 aromatic carbocycles. The van der Waals surface area contributed by atoms with Crippen LogP contribution in [0.2, 0.25) is 5.02 Å². The number of nitrogens with zero attached hydrogens (tertiary/aromatic N) is 2. The number of fused-ring (bicyclic) bond motifs is 3. The van der Waals surface area contributed by atoms with Crippen molar-refractivity contribution in [1.29, 1.82) is 0 Å². The summed E-state index contributed by atoms with van der Waals surface area (Å²) in [6, 6.07) is 12.4. The van der Waals surface area contributed by atoms with E-state index in [9.17, 15) is 9.59 Å². The van der Waals surface area contributed by atoms with Gasteiger partial charge in [0.2, 0.25) is 0 Å². The van der Waals surface area contributed by atoms with Crippen molar-refractivity contribution in [2.75, 3.05) is 24.5 Å². The van der Waals surface area contributed by atoms with Crippen molar-refractivity contribution in [2.24, 2.45) is 10.5 Å². The van der Waals surface area contributed by atoms with Gasteiger partial charge in [-0.3, -0.25) is 4.79 Å². The lowest BCUT2D eigenvalue weighted by atomic mass is 9.82. The summed E-state index contributed by atoms with van der Waals surface area (Å²) in [5.41, 5.74) is 1.37. The highest BCUT2D eigenvalue weighted by molar-refractivity contribution is 7.99. The number of halogens is 1. The second kappa shape index (κ2) is 7.24. The lowest BCUT2D eigenvalue weighted by Crippen LogP contribution is -2.41. The van der Waals surface area contributed by atoms with Gasteiger partial charge in [0.05, 0.1) is 11.4 Å². The third kappa shape index (κ3) is 3.19. The second-order valence-electron chi connectivity index (χ2n) is 6.73. The molecule has 2 aromatic rings. The molecule has 0 N–H and O–H groups in total. The number of carbonyl (C=O) groups excluding carboxylic acids is 2. The maximum Gasteiger partial charge on any atom is 0.337 e. The predicted octanol–water partition coefficient (Wildman–Crippen LogP) is 3.75. The Hall–Kier alpha value is -2.35. The van der Waals surface area contributed by atoms with Crippen LogP contribution in [0, 0.1) is 5.41 Å². The van der Waals surface area contributed by atoms with Crippen molar-refractivity contribution >= 4 is 46.6 Å². The van der Waals surface area contributed by atoms with Crippen LogP contribution in [0.4, 0.5) is 5.69 Å². The maximum absolute atomic E-state index is 13.2. The summed E-state index contributed by atoms with van der Waals surface area (Å²) in [6.45, 7) is 1.76. The minimum Gasteiger partial charge on any atom is -0.425 e. The van der Waals surface area contributed by atoms with E-state index in [4.69, 9.17) is 21.1 Å². The van der Waals surface area contributed by atoms with E-state index in [1.54, 1.807) is 48.2 Å². The molecule has 2 aliphatic rings. The largest absolute Gasteiger partial charge is 0.425 e. The average molecular weight is 417 g/mol. The van der Waals surface area contributed by atoms with E-state index in [1.807, 2.05) is 13.0 Å². The number of esters is 1. The summed E-state index contributed by atoms with van der Waals surface area (Å²) in [4.78, 5) is 25.9. The van der Waals surface area contributed by atoms with Crippen molar-refractivity contribution < 1.29 is 19.1 Å². The number of benzene rings is 2. The Morgan fingerprint density at radius 1 is 1.29 bits per heavy atom. The summed E-state index contributed by atoms with van der Waals surface area (Å²) in [5.74, 6) is 0.404. The number of methoxy groups -OCH3 is 1. The molecule has 6 nitrogen and oxygen atoms in total. The molecule has 0 aliphatic carbocycles. The summed E-state index contributed by atoms with van der Waals surface area (Å²) >= 11 is 7.55. The van der Waals surface area contributed by atoms with Crippen molar-refractivity contribution in [1.82, 2.24) is 0 Å². The summed E-state index contributed by atoms with van der Waals surface area (Å²) in [6.07, 6.45) is 0. The van der Waals surface area contributed by atoms with Gasteiger partial charge in [0.15, 0.2) is 0 Å². The predicted molar refractivity (Wildman–Crippen MR) is 108 cm³/mol. The first-order valence-electron chi connectivity index (χ1n) is 8.58. The van der Waals surface area contributed by atoms with E-state index < -0.39 is 11.4 Å². The Morgan fingerprint density at radius 3 is 2.75 bits per heavy atom. The van der Waals surface area contributed by atoms with Gasteiger partial charge in [-0.25, -0.2) is 4.79 Å². The number of anilines is 1. The van der Waals surface area contributed by atoms with Gasteiger partial charge in [-0.05, 0) is 49.4 Å². The minimum atomic E-state index is -0.757. The van der Waals surface area contributed by atoms with Crippen molar-refractivity contribution in [3.8, 4) is 5.75 Å². The zero-order chi connectivity index (χ0) is 19.9. The van der Waals surface area contributed by atoms with E-state index >= 15 is 0 Å². The molecular formula is C20H17ClN2O4S. The highest BCUT2D eigenvalue weighted by Crippen LogP contribution is 2.46. The Bertz CT molecular complexity index is 992. The van der Waals surface area contributed by atoms with E-state index in [2.05, 4.69) is 5.10 Å². The van der Waals surface area contributed by atoms with Crippen LogP contribution in [0.15, 0.2) is 52.5 Å². The highest BCUT2D eigenvalue weighted by Gasteiger charge is 2.51. The SMILES string of the molecule is COCC(=O)Oc1ccc2c(c1)C1=NN(c3ccc(Cl)cc3)C(=O)C1(C)CS2. The smallest absolute Gasteiger partial charge is 0.337 e. The molecule has 0 saturated carbocycles. The number of ether oxygens (including phenoxy) is 2. The standard InChI is InChI=1S/C20H17ClN2O4S/c1-20-11-28-16-8-7-14(27-17(24)10-26-2)9-15(16)18(20)22-23(19(20)25)13-5-3-12(21)4-6-13/h3-9H,10-11H2,1-2H3. The molecule has 0 radical (unpaired) electrons. The van der Waals surface area contributed by atoms with E-state index in [0.717, 1.165) is 10.5 Å². The second-order valence-corrected chi connectivity index (χ2v) is 8.18. The zero-order valence-corrected chi connectivity index (χ0v) is 16.8. The fourth-order valence-corrected chi connectivity index (χ4v) is 4.52. The lowest BCUT2D eigenvalue weighted by Gasteiger charge is -2.29. The van der Waals surface area contributed by atoms with Crippen LogP contribution in [-0.4, -0.2) is 37.1 Å². The molecule has 1 amide bonds. The summed E-state index contributed by atoms with van der Waals surface area (Å²) < 4.78 is 10.1. The molecule has 144 valence electrons. The monoisotopic (exact) mass is 416 g/mol. The number of hydrogen-bond donors (Lipinski definition) is 0. The zero-order valence-electron chi connectivity index (χ0n) is 15.3. The van der Waals surface area contributed by atoms with Crippen molar-refractivity contribution in [2.45, 2.75) is 11.8 Å². The van der Waals surface area contributed by atoms with Gasteiger partial charge in [0.25, 0.3) is 5.91 Å².